The van der Waals surface area contributed by atoms with Crippen LogP contribution in [0.15, 0.2) is 28.2 Å². The zero-order valence-corrected chi connectivity index (χ0v) is 16.5. The third-order valence-electron chi connectivity index (χ3n) is 5.26. The Morgan fingerprint density at radius 2 is 2.04 bits per heavy atom. The van der Waals surface area contributed by atoms with Crippen LogP contribution in [0.1, 0.15) is 33.1 Å². The Hall–Kier alpha value is -2.29. The Bertz CT molecular complexity index is 921. The molecule has 2 N–H and O–H groups in total. The SMILES string of the molecule is C[C@@H]1[C@H](C)CCC[C@H]1NC(=O)CSc1nnc(-c2ccc(F)c(F)c2)c(=O)[nH]1. The standard InChI is InChI=1S/C19H22F2N4O2S/c1-10-4-3-5-15(11(10)2)22-16(26)9-28-19-23-18(27)17(24-25-19)12-6-7-13(20)14(21)8-12/h6-8,10-11,15H,3-5,9H2,1-2H3,(H,22,26)(H,23,25,27)/t10-,11-,15-/m1/s1. The van der Waals surface area contributed by atoms with Crippen molar-refractivity contribution in [3.8, 4) is 11.3 Å². The molecule has 1 amide bonds. The van der Waals surface area contributed by atoms with Crippen molar-refractivity contribution in [2.24, 2.45) is 11.8 Å². The molecule has 3 atom stereocenters. The molecule has 28 heavy (non-hydrogen) atoms. The molecule has 1 aromatic heterocycles. The molecular weight excluding hydrogens is 386 g/mol. The van der Waals surface area contributed by atoms with Crippen molar-refractivity contribution >= 4 is 17.7 Å². The van der Waals surface area contributed by atoms with Crippen LogP contribution in [0, 0.1) is 23.5 Å². The second kappa shape index (κ2) is 8.81. The largest absolute Gasteiger partial charge is 0.352 e. The Kier molecular flexibility index (Phi) is 6.43. The second-order valence-electron chi connectivity index (χ2n) is 7.17. The van der Waals surface area contributed by atoms with Gasteiger partial charge in [0.05, 0.1) is 5.75 Å². The van der Waals surface area contributed by atoms with Gasteiger partial charge < -0.3 is 5.32 Å². The molecule has 1 heterocycles. The zero-order chi connectivity index (χ0) is 20.3. The molecule has 0 bridgehead atoms. The highest BCUT2D eigenvalue weighted by Crippen LogP contribution is 2.29. The molecule has 0 saturated heterocycles. The van der Waals surface area contributed by atoms with Gasteiger partial charge in [0.25, 0.3) is 5.56 Å². The fourth-order valence-electron chi connectivity index (χ4n) is 3.39. The van der Waals surface area contributed by atoms with Crippen LogP contribution in [-0.4, -0.2) is 32.9 Å². The number of nitrogens with one attached hydrogen (secondary N) is 2. The van der Waals surface area contributed by atoms with Crippen LogP contribution in [0.5, 0.6) is 0 Å². The van der Waals surface area contributed by atoms with Gasteiger partial charge in [-0.3, -0.25) is 14.6 Å². The summed E-state index contributed by atoms with van der Waals surface area (Å²) in [4.78, 5) is 26.9. The number of halogens is 2. The van der Waals surface area contributed by atoms with Crippen LogP contribution < -0.4 is 10.9 Å². The van der Waals surface area contributed by atoms with Gasteiger partial charge in [-0.1, -0.05) is 38.5 Å². The van der Waals surface area contributed by atoms with Crippen molar-refractivity contribution in [2.45, 2.75) is 44.3 Å². The minimum atomic E-state index is -1.07. The molecule has 9 heteroatoms. The van der Waals surface area contributed by atoms with E-state index in [4.69, 9.17) is 0 Å². The molecule has 1 aliphatic carbocycles. The molecule has 1 aliphatic rings. The average molecular weight is 408 g/mol. The molecule has 150 valence electrons. The Morgan fingerprint density at radius 3 is 2.75 bits per heavy atom. The number of rotatable bonds is 5. The number of thioether (sulfide) groups is 1. The normalized spacial score (nSPS) is 22.1. The summed E-state index contributed by atoms with van der Waals surface area (Å²) in [5.41, 5.74) is -0.571. The maximum Gasteiger partial charge on any atom is 0.278 e. The smallest absolute Gasteiger partial charge is 0.278 e. The molecule has 0 radical (unpaired) electrons. The van der Waals surface area contributed by atoms with Crippen molar-refractivity contribution in [1.82, 2.24) is 20.5 Å². The summed E-state index contributed by atoms with van der Waals surface area (Å²) in [6.07, 6.45) is 3.26. The highest BCUT2D eigenvalue weighted by molar-refractivity contribution is 7.99. The first-order valence-electron chi connectivity index (χ1n) is 9.19. The molecule has 0 unspecified atom stereocenters. The summed E-state index contributed by atoms with van der Waals surface area (Å²) in [6, 6.07) is 3.23. The maximum absolute atomic E-state index is 13.3. The number of benzene rings is 1. The van der Waals surface area contributed by atoms with Crippen molar-refractivity contribution in [2.75, 3.05) is 5.75 Å². The summed E-state index contributed by atoms with van der Waals surface area (Å²) < 4.78 is 26.4. The number of carbonyl (C=O) groups is 1. The van der Waals surface area contributed by atoms with Crippen molar-refractivity contribution in [3.05, 3.63) is 40.2 Å². The molecule has 1 aromatic carbocycles. The van der Waals surface area contributed by atoms with E-state index in [1.165, 1.54) is 12.5 Å². The number of carbonyl (C=O) groups excluding carboxylic acids is 1. The van der Waals surface area contributed by atoms with E-state index in [2.05, 4.69) is 34.3 Å². The minimum absolute atomic E-state index is 0.104. The van der Waals surface area contributed by atoms with Gasteiger partial charge in [-0.15, -0.1) is 10.2 Å². The number of nitrogens with zero attached hydrogens (tertiary/aromatic N) is 2. The van der Waals surface area contributed by atoms with Gasteiger partial charge in [-0.05, 0) is 36.5 Å². The summed E-state index contributed by atoms with van der Waals surface area (Å²) in [5, 5.41) is 10.9. The van der Waals surface area contributed by atoms with E-state index in [0.717, 1.165) is 36.7 Å². The quantitative estimate of drug-likeness (QED) is 0.742. The molecule has 1 fully saturated rings. The van der Waals surface area contributed by atoms with Crippen LogP contribution >= 0.6 is 11.8 Å². The third-order valence-corrected chi connectivity index (χ3v) is 6.13. The Labute approximate surface area is 165 Å². The summed E-state index contributed by atoms with van der Waals surface area (Å²) in [6.45, 7) is 4.36. The molecule has 2 aromatic rings. The first-order valence-corrected chi connectivity index (χ1v) is 10.2. The average Bonchev–Trinajstić information content (AvgIpc) is 2.66. The van der Waals surface area contributed by atoms with Crippen LogP contribution in [0.4, 0.5) is 8.78 Å². The van der Waals surface area contributed by atoms with E-state index in [9.17, 15) is 18.4 Å². The lowest BCUT2D eigenvalue weighted by atomic mass is 9.78. The van der Waals surface area contributed by atoms with E-state index >= 15 is 0 Å². The molecule has 3 rings (SSSR count). The van der Waals surface area contributed by atoms with Gasteiger partial charge in [0.15, 0.2) is 22.5 Å². The fraction of sp³-hybridized carbons (Fsp3) is 0.474. The number of hydrogen-bond acceptors (Lipinski definition) is 5. The first kappa shape index (κ1) is 20.4. The van der Waals surface area contributed by atoms with Gasteiger partial charge in [0.2, 0.25) is 5.91 Å². The van der Waals surface area contributed by atoms with E-state index in [1.54, 1.807) is 0 Å². The molecule has 0 spiro atoms. The number of aromatic nitrogens is 3. The van der Waals surface area contributed by atoms with E-state index < -0.39 is 17.2 Å². The summed E-state index contributed by atoms with van der Waals surface area (Å²) in [5.74, 6) is -1.08. The van der Waals surface area contributed by atoms with Gasteiger partial charge >= 0.3 is 0 Å². The fourth-order valence-corrected chi connectivity index (χ4v) is 4.00. The molecule has 6 nitrogen and oxygen atoms in total. The van der Waals surface area contributed by atoms with Gasteiger partial charge in [-0.25, -0.2) is 8.78 Å². The highest BCUT2D eigenvalue weighted by Gasteiger charge is 2.28. The monoisotopic (exact) mass is 408 g/mol. The van der Waals surface area contributed by atoms with E-state index in [1.807, 2.05) is 0 Å². The number of H-pyrrole nitrogens is 1. The number of aromatic amines is 1. The van der Waals surface area contributed by atoms with Crippen LogP contribution in [0.2, 0.25) is 0 Å². The van der Waals surface area contributed by atoms with E-state index in [-0.39, 0.29) is 34.1 Å². The molecule has 1 saturated carbocycles. The van der Waals surface area contributed by atoms with Crippen molar-refractivity contribution in [1.29, 1.82) is 0 Å². The lowest BCUT2D eigenvalue weighted by molar-refractivity contribution is -0.120. The molecular formula is C19H22F2N4O2S. The molecule has 0 aliphatic heterocycles. The number of amides is 1. The summed E-state index contributed by atoms with van der Waals surface area (Å²) >= 11 is 1.07. The van der Waals surface area contributed by atoms with Gasteiger partial charge in [0, 0.05) is 11.6 Å². The van der Waals surface area contributed by atoms with Crippen LogP contribution in [-0.2, 0) is 4.79 Å². The minimum Gasteiger partial charge on any atom is -0.352 e. The van der Waals surface area contributed by atoms with Crippen molar-refractivity contribution < 1.29 is 13.6 Å². The first-order chi connectivity index (χ1) is 13.3. The maximum atomic E-state index is 13.3. The lowest BCUT2D eigenvalue weighted by Crippen LogP contribution is -2.44. The van der Waals surface area contributed by atoms with Crippen LogP contribution in [0.3, 0.4) is 0 Å². The highest BCUT2D eigenvalue weighted by atomic mass is 32.2. The number of hydrogen-bond donors (Lipinski definition) is 2. The van der Waals surface area contributed by atoms with Crippen LogP contribution in [0.25, 0.3) is 11.3 Å². The predicted octanol–water partition coefficient (Wildman–Crippen LogP) is 3.14. The zero-order valence-electron chi connectivity index (χ0n) is 15.7. The predicted molar refractivity (Wildman–Crippen MR) is 103 cm³/mol. The second-order valence-corrected chi connectivity index (χ2v) is 8.13. The summed E-state index contributed by atoms with van der Waals surface area (Å²) in [7, 11) is 0. The van der Waals surface area contributed by atoms with E-state index in [0.29, 0.717) is 11.8 Å². The Balaban J connectivity index is 1.61. The van der Waals surface area contributed by atoms with Gasteiger partial charge in [0.1, 0.15) is 0 Å². The van der Waals surface area contributed by atoms with Gasteiger partial charge in [-0.2, -0.15) is 0 Å². The topological polar surface area (TPSA) is 87.7 Å². The van der Waals surface area contributed by atoms with Crippen molar-refractivity contribution in [3.63, 3.8) is 0 Å². The lowest BCUT2D eigenvalue weighted by Gasteiger charge is -2.34. The third kappa shape index (κ3) is 4.76. The Morgan fingerprint density at radius 1 is 1.25 bits per heavy atom.